The van der Waals surface area contributed by atoms with Gasteiger partial charge in [0.2, 0.25) is 11.9 Å². The molecule has 3 aromatic rings. The van der Waals surface area contributed by atoms with Gasteiger partial charge in [-0.3, -0.25) is 9.36 Å². The monoisotopic (exact) mass is 439 g/mol. The minimum Gasteiger partial charge on any atom is -0.349 e. The number of nitrogens with zero attached hydrogens (tertiary/aromatic N) is 4. The lowest BCUT2D eigenvalue weighted by molar-refractivity contribution is -0.119. The molecule has 8 heteroatoms. The molecule has 1 aliphatic rings. The van der Waals surface area contributed by atoms with E-state index in [2.05, 4.69) is 20.4 Å². The van der Waals surface area contributed by atoms with Crippen LogP contribution in [0.1, 0.15) is 37.8 Å². The van der Waals surface area contributed by atoms with E-state index in [1.54, 1.807) is 12.1 Å². The van der Waals surface area contributed by atoms with E-state index < -0.39 is 0 Å². The Kier molecular flexibility index (Phi) is 6.86. The third-order valence-corrected chi connectivity index (χ3v) is 6.28. The number of thioether (sulfide) groups is 1. The first-order valence-corrected chi connectivity index (χ1v) is 11.5. The Morgan fingerprint density at radius 2 is 1.77 bits per heavy atom. The van der Waals surface area contributed by atoms with Gasteiger partial charge in [0.05, 0.1) is 17.5 Å². The van der Waals surface area contributed by atoms with Crippen molar-refractivity contribution in [3.8, 4) is 5.69 Å². The molecule has 4 rings (SSSR count). The fraction of sp³-hybridized carbons (Fsp3) is 0.348. The molecule has 0 spiro atoms. The minimum absolute atomic E-state index is 0.107. The zero-order valence-electron chi connectivity index (χ0n) is 17.5. The second-order valence-corrected chi connectivity index (χ2v) is 8.57. The van der Waals surface area contributed by atoms with E-state index in [-0.39, 0.29) is 23.5 Å². The molecule has 1 amide bonds. The van der Waals surface area contributed by atoms with E-state index in [0.717, 1.165) is 43.1 Å². The molecule has 0 saturated carbocycles. The van der Waals surface area contributed by atoms with E-state index in [1.165, 1.54) is 30.3 Å². The molecule has 1 fully saturated rings. The average molecular weight is 440 g/mol. The first-order valence-electron chi connectivity index (χ1n) is 10.6. The summed E-state index contributed by atoms with van der Waals surface area (Å²) >= 11 is 1.37. The summed E-state index contributed by atoms with van der Waals surface area (Å²) in [4.78, 5) is 14.8. The average Bonchev–Trinajstić information content (AvgIpc) is 3.23. The van der Waals surface area contributed by atoms with Gasteiger partial charge in [-0.2, -0.15) is 0 Å². The van der Waals surface area contributed by atoms with E-state index >= 15 is 0 Å². The van der Waals surface area contributed by atoms with Crippen LogP contribution in [0.3, 0.4) is 0 Å². The molecule has 162 valence electrons. The number of piperidine rings is 1. The van der Waals surface area contributed by atoms with Crippen LogP contribution in [0.4, 0.5) is 10.3 Å². The predicted molar refractivity (Wildman–Crippen MR) is 121 cm³/mol. The van der Waals surface area contributed by atoms with Gasteiger partial charge in [0, 0.05) is 13.1 Å². The number of aromatic nitrogens is 3. The fourth-order valence-electron chi connectivity index (χ4n) is 3.71. The number of rotatable bonds is 7. The van der Waals surface area contributed by atoms with Gasteiger partial charge in [-0.15, -0.1) is 10.2 Å². The smallest absolute Gasteiger partial charge is 0.232 e. The molecule has 1 unspecified atom stereocenters. The molecule has 1 N–H and O–H groups in total. The molecule has 2 aromatic carbocycles. The number of nitrogens with one attached hydrogen (secondary N) is 1. The van der Waals surface area contributed by atoms with Gasteiger partial charge in [0.1, 0.15) is 5.82 Å². The van der Waals surface area contributed by atoms with Crippen LogP contribution in [-0.4, -0.2) is 39.5 Å². The van der Waals surface area contributed by atoms with Gasteiger partial charge >= 0.3 is 0 Å². The van der Waals surface area contributed by atoms with Gasteiger partial charge < -0.3 is 10.2 Å². The van der Waals surface area contributed by atoms with Crippen LogP contribution in [0, 0.1) is 5.82 Å². The lowest BCUT2D eigenvalue weighted by Crippen LogP contribution is -2.31. The van der Waals surface area contributed by atoms with Crippen molar-refractivity contribution in [2.24, 2.45) is 0 Å². The van der Waals surface area contributed by atoms with Crippen molar-refractivity contribution in [3.63, 3.8) is 0 Å². The Morgan fingerprint density at radius 1 is 1.06 bits per heavy atom. The number of halogens is 1. The van der Waals surface area contributed by atoms with Crippen molar-refractivity contribution >= 4 is 23.6 Å². The van der Waals surface area contributed by atoms with E-state index in [0.29, 0.717) is 5.16 Å². The van der Waals surface area contributed by atoms with Crippen molar-refractivity contribution in [1.82, 2.24) is 20.1 Å². The quantitative estimate of drug-likeness (QED) is 0.554. The number of hydrogen-bond acceptors (Lipinski definition) is 5. The van der Waals surface area contributed by atoms with Crippen molar-refractivity contribution in [3.05, 3.63) is 66.0 Å². The van der Waals surface area contributed by atoms with Crippen LogP contribution in [0.15, 0.2) is 59.8 Å². The molecule has 0 radical (unpaired) electrons. The Hall–Kier alpha value is -2.87. The summed E-state index contributed by atoms with van der Waals surface area (Å²) in [6.07, 6.45) is 3.53. The Labute approximate surface area is 185 Å². The van der Waals surface area contributed by atoms with Crippen molar-refractivity contribution < 1.29 is 9.18 Å². The summed E-state index contributed by atoms with van der Waals surface area (Å²) in [5.74, 6) is 0.649. The highest BCUT2D eigenvalue weighted by atomic mass is 32.2. The predicted octanol–water partition coefficient (Wildman–Crippen LogP) is 4.37. The Bertz CT molecular complexity index is 1000. The maximum Gasteiger partial charge on any atom is 0.232 e. The molecule has 0 aliphatic carbocycles. The maximum atomic E-state index is 13.1. The molecule has 6 nitrogen and oxygen atoms in total. The zero-order valence-corrected chi connectivity index (χ0v) is 18.3. The minimum atomic E-state index is -0.289. The highest BCUT2D eigenvalue weighted by molar-refractivity contribution is 7.99. The van der Waals surface area contributed by atoms with Crippen LogP contribution in [0.5, 0.6) is 0 Å². The molecular formula is C23H26FN5OS. The van der Waals surface area contributed by atoms with E-state index in [1.807, 2.05) is 41.8 Å². The van der Waals surface area contributed by atoms with Crippen LogP contribution in [0.25, 0.3) is 5.69 Å². The molecule has 1 aromatic heterocycles. The van der Waals surface area contributed by atoms with E-state index in [9.17, 15) is 9.18 Å². The standard InChI is InChI=1S/C23H26FN5OS/c1-17(18-10-12-19(24)13-11-18)25-21(30)16-31-23-27-26-22(28-14-6-3-7-15-28)29(23)20-8-4-2-5-9-20/h2,4-5,8-13,17H,3,6-7,14-16H2,1H3,(H,25,30). The summed E-state index contributed by atoms with van der Waals surface area (Å²) in [5, 5.41) is 12.5. The van der Waals surface area contributed by atoms with Crippen LogP contribution in [-0.2, 0) is 4.79 Å². The van der Waals surface area contributed by atoms with Gasteiger partial charge in [0.15, 0.2) is 5.16 Å². The first-order chi connectivity index (χ1) is 15.1. The number of carbonyl (C=O) groups excluding carboxylic acids is 1. The summed E-state index contributed by atoms with van der Waals surface area (Å²) in [7, 11) is 0. The Morgan fingerprint density at radius 3 is 2.48 bits per heavy atom. The van der Waals surface area contributed by atoms with Crippen LogP contribution >= 0.6 is 11.8 Å². The highest BCUT2D eigenvalue weighted by Crippen LogP contribution is 2.28. The second-order valence-electron chi connectivity index (χ2n) is 7.63. The largest absolute Gasteiger partial charge is 0.349 e. The molecule has 1 aliphatic heterocycles. The normalized spacial score (nSPS) is 15.0. The zero-order chi connectivity index (χ0) is 21.6. The third-order valence-electron chi connectivity index (χ3n) is 5.35. The molecule has 31 heavy (non-hydrogen) atoms. The first kappa shape index (κ1) is 21.4. The number of carbonyl (C=O) groups is 1. The molecule has 0 bridgehead atoms. The lowest BCUT2D eigenvalue weighted by atomic mass is 10.1. The molecule has 1 saturated heterocycles. The number of hydrogen-bond donors (Lipinski definition) is 1. The molecule has 1 atom stereocenters. The summed E-state index contributed by atoms with van der Waals surface area (Å²) in [5.41, 5.74) is 1.84. The SMILES string of the molecule is CC(NC(=O)CSc1nnc(N2CCCCC2)n1-c1ccccc1)c1ccc(F)cc1. The van der Waals surface area contributed by atoms with E-state index in [4.69, 9.17) is 0 Å². The van der Waals surface area contributed by atoms with Gasteiger partial charge in [-0.25, -0.2) is 4.39 Å². The topological polar surface area (TPSA) is 63.1 Å². The number of para-hydroxylation sites is 1. The van der Waals surface area contributed by atoms with Crippen molar-refractivity contribution in [2.75, 3.05) is 23.7 Å². The second kappa shape index (κ2) is 9.96. The fourth-order valence-corrected chi connectivity index (χ4v) is 4.46. The number of amides is 1. The van der Waals surface area contributed by atoms with Gasteiger partial charge in [-0.1, -0.05) is 42.1 Å². The lowest BCUT2D eigenvalue weighted by Gasteiger charge is -2.27. The van der Waals surface area contributed by atoms with Gasteiger partial charge in [0.25, 0.3) is 0 Å². The summed E-state index contributed by atoms with van der Waals surface area (Å²) in [6.45, 7) is 3.81. The summed E-state index contributed by atoms with van der Waals surface area (Å²) in [6, 6.07) is 16.0. The van der Waals surface area contributed by atoms with Crippen LogP contribution in [0.2, 0.25) is 0 Å². The Balaban J connectivity index is 1.47. The summed E-state index contributed by atoms with van der Waals surface area (Å²) < 4.78 is 15.2. The number of anilines is 1. The highest BCUT2D eigenvalue weighted by Gasteiger charge is 2.22. The third kappa shape index (κ3) is 5.25. The van der Waals surface area contributed by atoms with Gasteiger partial charge in [-0.05, 0) is 56.0 Å². The molecular weight excluding hydrogens is 413 g/mol. The maximum absolute atomic E-state index is 13.1. The van der Waals surface area contributed by atoms with Crippen LogP contribution < -0.4 is 10.2 Å². The number of benzene rings is 2. The molecule has 2 heterocycles. The van der Waals surface area contributed by atoms with Crippen molar-refractivity contribution in [2.45, 2.75) is 37.4 Å². The van der Waals surface area contributed by atoms with Crippen molar-refractivity contribution in [1.29, 1.82) is 0 Å².